The fourth-order valence-electron chi connectivity index (χ4n) is 1.15. The number of nitrogens with one attached hydrogen (secondary N) is 2. The molecule has 0 aromatic carbocycles. The van der Waals surface area contributed by atoms with Crippen LogP contribution in [0.2, 0.25) is 0 Å². The summed E-state index contributed by atoms with van der Waals surface area (Å²) in [7, 11) is 1.53. The third-order valence-corrected chi connectivity index (χ3v) is 2.06. The van der Waals surface area contributed by atoms with Gasteiger partial charge in [0.25, 0.3) is 0 Å². The zero-order chi connectivity index (χ0) is 14.0. The predicted molar refractivity (Wildman–Crippen MR) is 61.3 cm³/mol. The molecule has 0 rings (SSSR count). The maximum atomic E-state index is 11.3. The van der Waals surface area contributed by atoms with Crippen molar-refractivity contribution in [1.29, 1.82) is 0 Å². The van der Waals surface area contributed by atoms with Gasteiger partial charge in [-0.05, 0) is 12.8 Å². The highest BCUT2D eigenvalue weighted by molar-refractivity contribution is 5.82. The minimum absolute atomic E-state index is 0.157. The van der Waals surface area contributed by atoms with Gasteiger partial charge in [0.1, 0.15) is 6.04 Å². The number of rotatable bonds is 9. The molecule has 0 bridgehead atoms. The first-order chi connectivity index (χ1) is 8.47. The summed E-state index contributed by atoms with van der Waals surface area (Å²) < 4.78 is 4.78. The van der Waals surface area contributed by atoms with E-state index >= 15 is 0 Å². The van der Waals surface area contributed by atoms with Crippen molar-refractivity contribution < 1.29 is 29.3 Å². The molecule has 0 aliphatic rings. The second kappa shape index (κ2) is 9.23. The lowest BCUT2D eigenvalue weighted by Gasteiger charge is -2.14. The molecule has 8 nitrogen and oxygen atoms in total. The lowest BCUT2D eigenvalue weighted by molar-refractivity contribution is -0.140. The van der Waals surface area contributed by atoms with Gasteiger partial charge in [-0.15, -0.1) is 0 Å². The van der Waals surface area contributed by atoms with Crippen LogP contribution in [-0.4, -0.2) is 54.5 Å². The Balaban J connectivity index is 3.96. The number of methoxy groups -OCH3 is 1. The molecule has 0 fully saturated rings. The number of hydrogen-bond donors (Lipinski definition) is 4. The van der Waals surface area contributed by atoms with Crippen LogP contribution in [0.25, 0.3) is 0 Å². The van der Waals surface area contributed by atoms with Crippen molar-refractivity contribution in [2.75, 3.05) is 20.3 Å². The highest BCUT2D eigenvalue weighted by atomic mass is 16.5. The third-order valence-electron chi connectivity index (χ3n) is 2.06. The van der Waals surface area contributed by atoms with Crippen LogP contribution in [0.3, 0.4) is 0 Å². The van der Waals surface area contributed by atoms with E-state index in [1.54, 1.807) is 0 Å². The van der Waals surface area contributed by atoms with E-state index < -0.39 is 24.0 Å². The Labute approximate surface area is 104 Å². The number of carbonyl (C=O) groups excluding carboxylic acids is 1. The number of ether oxygens (including phenoxy) is 1. The molecule has 1 atom stereocenters. The number of carboxylic acid groups (broad SMARTS) is 2. The van der Waals surface area contributed by atoms with Crippen LogP contribution in [0, 0.1) is 0 Å². The first kappa shape index (κ1) is 16.2. The molecule has 0 saturated heterocycles. The molecule has 0 aliphatic carbocycles. The summed E-state index contributed by atoms with van der Waals surface area (Å²) in [6, 6.07) is -1.84. The number of urea groups is 1. The van der Waals surface area contributed by atoms with E-state index in [0.29, 0.717) is 19.6 Å². The van der Waals surface area contributed by atoms with E-state index in [9.17, 15) is 14.4 Å². The van der Waals surface area contributed by atoms with Crippen molar-refractivity contribution in [3.63, 3.8) is 0 Å². The van der Waals surface area contributed by atoms with Gasteiger partial charge in [0.2, 0.25) is 0 Å². The van der Waals surface area contributed by atoms with E-state index in [-0.39, 0.29) is 12.8 Å². The number of amides is 2. The molecule has 0 aromatic heterocycles. The highest BCUT2D eigenvalue weighted by Gasteiger charge is 2.20. The van der Waals surface area contributed by atoms with Crippen LogP contribution < -0.4 is 10.6 Å². The number of carbonyl (C=O) groups is 3. The molecular weight excluding hydrogens is 244 g/mol. The van der Waals surface area contributed by atoms with Crippen molar-refractivity contribution in [3.8, 4) is 0 Å². The fraction of sp³-hybridized carbons (Fsp3) is 0.700. The zero-order valence-corrected chi connectivity index (χ0v) is 10.1. The SMILES string of the molecule is COCCCNC(=O)N[C@@H](CCC(=O)O)C(=O)O. The Hall–Kier alpha value is -1.83. The van der Waals surface area contributed by atoms with Crippen LogP contribution in [0.15, 0.2) is 0 Å². The molecule has 0 spiro atoms. The van der Waals surface area contributed by atoms with Crippen molar-refractivity contribution in [3.05, 3.63) is 0 Å². The first-order valence-corrected chi connectivity index (χ1v) is 5.45. The molecule has 0 unspecified atom stereocenters. The molecular formula is C10H18N2O6. The first-order valence-electron chi connectivity index (χ1n) is 5.45. The molecule has 0 radical (unpaired) electrons. The Morgan fingerprint density at radius 2 is 1.94 bits per heavy atom. The number of aliphatic carboxylic acids is 2. The van der Waals surface area contributed by atoms with Gasteiger partial charge in [-0.1, -0.05) is 0 Å². The average molecular weight is 262 g/mol. The van der Waals surface area contributed by atoms with Gasteiger partial charge in [-0.25, -0.2) is 9.59 Å². The lowest BCUT2D eigenvalue weighted by atomic mass is 10.1. The molecule has 0 aliphatic heterocycles. The van der Waals surface area contributed by atoms with Gasteiger partial charge in [0.05, 0.1) is 0 Å². The standard InChI is InChI=1S/C10H18N2O6/c1-18-6-2-5-11-10(17)12-7(9(15)16)3-4-8(13)14/h7H,2-6H2,1H3,(H,13,14)(H,15,16)(H2,11,12,17)/t7-/m0/s1. The molecule has 2 amide bonds. The summed E-state index contributed by atoms with van der Waals surface area (Å²) in [4.78, 5) is 32.4. The van der Waals surface area contributed by atoms with Crippen molar-refractivity contribution in [1.82, 2.24) is 10.6 Å². The van der Waals surface area contributed by atoms with Gasteiger partial charge in [-0.2, -0.15) is 0 Å². The maximum Gasteiger partial charge on any atom is 0.326 e. The summed E-state index contributed by atoms with van der Waals surface area (Å²) in [5, 5.41) is 21.9. The van der Waals surface area contributed by atoms with Gasteiger partial charge < -0.3 is 25.6 Å². The van der Waals surface area contributed by atoms with Gasteiger partial charge in [0.15, 0.2) is 0 Å². The summed E-state index contributed by atoms with van der Waals surface area (Å²) >= 11 is 0. The molecule has 4 N–H and O–H groups in total. The lowest BCUT2D eigenvalue weighted by Crippen LogP contribution is -2.46. The smallest absolute Gasteiger partial charge is 0.326 e. The summed E-state index contributed by atoms with van der Waals surface area (Å²) in [6.07, 6.45) is 0.133. The largest absolute Gasteiger partial charge is 0.481 e. The quantitative estimate of drug-likeness (QED) is 0.420. The van der Waals surface area contributed by atoms with Gasteiger partial charge >= 0.3 is 18.0 Å². The Bertz CT molecular complexity index is 294. The molecule has 0 heterocycles. The van der Waals surface area contributed by atoms with Crippen LogP contribution >= 0.6 is 0 Å². The van der Waals surface area contributed by atoms with E-state index in [0.717, 1.165) is 0 Å². The fourth-order valence-corrected chi connectivity index (χ4v) is 1.15. The summed E-state index contributed by atoms with van der Waals surface area (Å²) in [5.41, 5.74) is 0. The Kier molecular flexibility index (Phi) is 8.29. The van der Waals surface area contributed by atoms with Crippen molar-refractivity contribution >= 4 is 18.0 Å². The number of hydrogen-bond acceptors (Lipinski definition) is 4. The van der Waals surface area contributed by atoms with E-state index in [4.69, 9.17) is 14.9 Å². The predicted octanol–water partition coefficient (Wildman–Crippen LogP) is -0.360. The minimum atomic E-state index is -1.26. The van der Waals surface area contributed by atoms with Crippen LogP contribution in [0.5, 0.6) is 0 Å². The minimum Gasteiger partial charge on any atom is -0.481 e. The molecule has 18 heavy (non-hydrogen) atoms. The van der Waals surface area contributed by atoms with Crippen LogP contribution in [-0.2, 0) is 14.3 Å². The average Bonchev–Trinajstić information content (AvgIpc) is 2.29. The van der Waals surface area contributed by atoms with Crippen molar-refractivity contribution in [2.45, 2.75) is 25.3 Å². The summed E-state index contributed by atoms with van der Waals surface area (Å²) in [5.74, 6) is -2.37. The Morgan fingerprint density at radius 3 is 2.44 bits per heavy atom. The topological polar surface area (TPSA) is 125 Å². The molecule has 0 aromatic rings. The van der Waals surface area contributed by atoms with E-state index in [1.165, 1.54) is 7.11 Å². The Morgan fingerprint density at radius 1 is 1.28 bits per heavy atom. The number of carboxylic acids is 2. The van der Waals surface area contributed by atoms with Crippen LogP contribution in [0.4, 0.5) is 4.79 Å². The molecule has 0 saturated carbocycles. The monoisotopic (exact) mass is 262 g/mol. The van der Waals surface area contributed by atoms with Crippen molar-refractivity contribution in [2.24, 2.45) is 0 Å². The molecule has 8 heteroatoms. The maximum absolute atomic E-state index is 11.3. The summed E-state index contributed by atoms with van der Waals surface area (Å²) in [6.45, 7) is 0.840. The highest BCUT2D eigenvalue weighted by Crippen LogP contribution is 1.97. The second-order valence-electron chi connectivity index (χ2n) is 3.57. The van der Waals surface area contributed by atoms with Crippen LogP contribution in [0.1, 0.15) is 19.3 Å². The second-order valence-corrected chi connectivity index (χ2v) is 3.57. The third kappa shape index (κ3) is 8.34. The van der Waals surface area contributed by atoms with Gasteiger partial charge in [-0.3, -0.25) is 4.79 Å². The zero-order valence-electron chi connectivity index (χ0n) is 10.1. The molecule has 104 valence electrons. The normalized spacial score (nSPS) is 11.6. The van der Waals surface area contributed by atoms with E-state index in [2.05, 4.69) is 10.6 Å². The van der Waals surface area contributed by atoms with Gasteiger partial charge in [0, 0.05) is 26.7 Å². The van der Waals surface area contributed by atoms with E-state index in [1.807, 2.05) is 0 Å².